The molecule has 1 N–H and O–H groups in total. The van der Waals surface area contributed by atoms with Gasteiger partial charge in [-0.05, 0) is 48.5 Å². The van der Waals surface area contributed by atoms with Gasteiger partial charge in [-0.25, -0.2) is 4.39 Å². The van der Waals surface area contributed by atoms with Gasteiger partial charge >= 0.3 is 5.97 Å². The highest BCUT2D eigenvalue weighted by Gasteiger charge is 2.09. The van der Waals surface area contributed by atoms with Crippen LogP contribution < -0.4 is 10.1 Å². The van der Waals surface area contributed by atoms with Crippen molar-refractivity contribution in [3.05, 3.63) is 90.2 Å². The molecule has 6 heteroatoms. The van der Waals surface area contributed by atoms with Crippen molar-refractivity contribution in [1.29, 1.82) is 0 Å². The quantitative estimate of drug-likeness (QED) is 0.341. The molecule has 0 spiro atoms. The fraction of sp³-hybridized carbons (Fsp3) is 0.0909. The molecule has 0 bridgehead atoms. The van der Waals surface area contributed by atoms with Gasteiger partial charge in [-0.15, -0.1) is 11.8 Å². The first kappa shape index (κ1) is 19.6. The zero-order valence-electron chi connectivity index (χ0n) is 14.9. The molecule has 28 heavy (non-hydrogen) atoms. The number of ether oxygens (including phenoxy) is 1. The Hall–Kier alpha value is -3.12. The number of carbonyl (C=O) groups is 2. The molecule has 1 amide bonds. The van der Waals surface area contributed by atoms with Crippen molar-refractivity contribution in [2.45, 2.75) is 11.3 Å². The molecule has 3 aromatic rings. The summed E-state index contributed by atoms with van der Waals surface area (Å²) in [5.74, 6) is -0.0987. The number of hydrogen-bond acceptors (Lipinski definition) is 4. The molecule has 0 aromatic heterocycles. The van der Waals surface area contributed by atoms with Gasteiger partial charge in [0.05, 0.1) is 6.42 Å². The highest BCUT2D eigenvalue weighted by atomic mass is 32.2. The number of nitrogens with one attached hydrogen (secondary N) is 1. The van der Waals surface area contributed by atoms with Crippen LogP contribution >= 0.6 is 11.8 Å². The normalized spacial score (nSPS) is 10.3. The number of halogens is 1. The summed E-state index contributed by atoms with van der Waals surface area (Å²) < 4.78 is 18.8. The number of esters is 1. The second-order valence-electron chi connectivity index (χ2n) is 5.85. The van der Waals surface area contributed by atoms with E-state index in [0.717, 1.165) is 0 Å². The third-order valence-corrected chi connectivity index (χ3v) is 4.83. The van der Waals surface area contributed by atoms with E-state index < -0.39 is 5.97 Å². The van der Waals surface area contributed by atoms with Crippen molar-refractivity contribution in [3.8, 4) is 5.75 Å². The molecule has 0 unspecified atom stereocenters. The summed E-state index contributed by atoms with van der Waals surface area (Å²) in [4.78, 5) is 24.6. The highest BCUT2D eigenvalue weighted by molar-refractivity contribution is 7.99. The Kier molecular flexibility index (Phi) is 6.81. The zero-order valence-corrected chi connectivity index (χ0v) is 15.7. The molecule has 0 heterocycles. The maximum atomic E-state index is 13.5. The summed E-state index contributed by atoms with van der Waals surface area (Å²) in [6.45, 7) is 0. The summed E-state index contributed by atoms with van der Waals surface area (Å²) in [6, 6.07) is 21.9. The highest BCUT2D eigenvalue weighted by Crippen LogP contribution is 2.22. The van der Waals surface area contributed by atoms with Crippen molar-refractivity contribution in [3.63, 3.8) is 0 Å². The minimum atomic E-state index is -0.398. The summed E-state index contributed by atoms with van der Waals surface area (Å²) >= 11 is 1.27. The smallest absolute Gasteiger partial charge is 0.312 e. The maximum absolute atomic E-state index is 13.5. The predicted octanol–water partition coefficient (Wildman–Crippen LogP) is 5.17. The molecular formula is C22H18FNO3S. The zero-order chi connectivity index (χ0) is 19.8. The predicted molar refractivity (Wildman–Crippen MR) is 108 cm³/mol. The number of carbonyl (C=O) groups excluding carboxylic acids is 2. The lowest BCUT2D eigenvalue weighted by atomic mass is 10.2. The van der Waals surface area contributed by atoms with Gasteiger partial charge in [0.1, 0.15) is 11.6 Å². The Morgan fingerprint density at radius 3 is 2.29 bits per heavy atom. The largest absolute Gasteiger partial charge is 0.427 e. The summed E-state index contributed by atoms with van der Waals surface area (Å²) in [5, 5.41) is 2.78. The molecule has 0 atom stereocenters. The summed E-state index contributed by atoms with van der Waals surface area (Å²) in [7, 11) is 0. The van der Waals surface area contributed by atoms with Crippen molar-refractivity contribution in [2.24, 2.45) is 0 Å². The van der Waals surface area contributed by atoms with Crippen molar-refractivity contribution in [2.75, 3.05) is 11.1 Å². The first-order valence-corrected chi connectivity index (χ1v) is 9.65. The van der Waals surface area contributed by atoms with Gasteiger partial charge in [0.2, 0.25) is 0 Å². The van der Waals surface area contributed by atoms with Crippen LogP contribution in [0.4, 0.5) is 10.1 Å². The van der Waals surface area contributed by atoms with E-state index in [-0.39, 0.29) is 18.1 Å². The second kappa shape index (κ2) is 9.71. The lowest BCUT2D eigenvalue weighted by Crippen LogP contribution is -2.12. The number of rotatable bonds is 7. The number of hydrogen-bond donors (Lipinski definition) is 1. The lowest BCUT2D eigenvalue weighted by molar-refractivity contribution is -0.133. The van der Waals surface area contributed by atoms with Crippen LogP contribution in [0.25, 0.3) is 0 Å². The van der Waals surface area contributed by atoms with Gasteiger partial charge in [0.15, 0.2) is 0 Å². The molecule has 3 aromatic carbocycles. The fourth-order valence-corrected chi connectivity index (χ4v) is 3.26. The van der Waals surface area contributed by atoms with E-state index in [1.54, 1.807) is 66.7 Å². The molecule has 0 aliphatic heterocycles. The molecular weight excluding hydrogens is 377 g/mol. The van der Waals surface area contributed by atoms with Crippen LogP contribution in [0.1, 0.15) is 16.8 Å². The van der Waals surface area contributed by atoms with Gasteiger partial charge in [0.25, 0.3) is 5.91 Å². The molecule has 0 fully saturated rings. The minimum Gasteiger partial charge on any atom is -0.427 e. The van der Waals surface area contributed by atoms with E-state index in [0.29, 0.717) is 27.6 Å². The van der Waals surface area contributed by atoms with Crippen LogP contribution in [-0.4, -0.2) is 17.6 Å². The average molecular weight is 395 g/mol. The summed E-state index contributed by atoms with van der Waals surface area (Å²) in [5.41, 5.74) is 1.16. The molecule has 0 saturated heterocycles. The molecule has 3 rings (SSSR count). The molecule has 142 valence electrons. The summed E-state index contributed by atoms with van der Waals surface area (Å²) in [6.07, 6.45) is 0.158. The van der Waals surface area contributed by atoms with Crippen LogP contribution in [0.2, 0.25) is 0 Å². The fourth-order valence-electron chi connectivity index (χ4n) is 2.39. The van der Waals surface area contributed by atoms with Crippen LogP contribution in [0.3, 0.4) is 0 Å². The Morgan fingerprint density at radius 1 is 0.893 bits per heavy atom. The van der Waals surface area contributed by atoms with E-state index >= 15 is 0 Å². The molecule has 0 aliphatic carbocycles. The molecule has 0 radical (unpaired) electrons. The number of anilines is 1. The third kappa shape index (κ3) is 5.69. The number of amides is 1. The van der Waals surface area contributed by atoms with E-state index in [4.69, 9.17) is 4.74 Å². The minimum absolute atomic E-state index is 0.158. The number of benzene rings is 3. The Bertz CT molecular complexity index is 946. The molecule has 0 saturated carbocycles. The van der Waals surface area contributed by atoms with E-state index in [9.17, 15) is 14.0 Å². The monoisotopic (exact) mass is 395 g/mol. The van der Waals surface area contributed by atoms with Gasteiger partial charge in [0, 0.05) is 21.9 Å². The van der Waals surface area contributed by atoms with Gasteiger partial charge in [-0.3, -0.25) is 9.59 Å². The van der Waals surface area contributed by atoms with Gasteiger partial charge in [-0.1, -0.05) is 30.3 Å². The average Bonchev–Trinajstić information content (AvgIpc) is 2.71. The SMILES string of the molecule is O=C(CCSc1ccccc1F)Oc1ccc(NC(=O)c2ccccc2)cc1. The van der Waals surface area contributed by atoms with E-state index in [1.807, 2.05) is 6.07 Å². The van der Waals surface area contributed by atoms with Crippen molar-refractivity contribution >= 4 is 29.3 Å². The van der Waals surface area contributed by atoms with Crippen molar-refractivity contribution in [1.82, 2.24) is 0 Å². The van der Waals surface area contributed by atoms with Crippen LogP contribution in [-0.2, 0) is 4.79 Å². The lowest BCUT2D eigenvalue weighted by Gasteiger charge is -2.08. The van der Waals surface area contributed by atoms with Crippen LogP contribution in [0.5, 0.6) is 5.75 Å². The van der Waals surface area contributed by atoms with E-state index in [1.165, 1.54) is 17.8 Å². The van der Waals surface area contributed by atoms with Crippen LogP contribution in [0.15, 0.2) is 83.8 Å². The van der Waals surface area contributed by atoms with Gasteiger partial charge in [-0.2, -0.15) is 0 Å². The molecule has 0 aliphatic rings. The molecule has 4 nitrogen and oxygen atoms in total. The Labute approximate surface area is 166 Å². The first-order chi connectivity index (χ1) is 13.6. The van der Waals surface area contributed by atoms with Crippen molar-refractivity contribution < 1.29 is 18.7 Å². The standard InChI is InChI=1S/C22H18FNO3S/c23-19-8-4-5-9-20(19)28-15-14-21(25)27-18-12-10-17(11-13-18)24-22(26)16-6-2-1-3-7-16/h1-13H,14-15H2,(H,24,26). The maximum Gasteiger partial charge on any atom is 0.312 e. The second-order valence-corrected chi connectivity index (χ2v) is 6.98. The van der Waals surface area contributed by atoms with Gasteiger partial charge < -0.3 is 10.1 Å². The van der Waals surface area contributed by atoms with Crippen LogP contribution in [0, 0.1) is 5.82 Å². The number of thioether (sulfide) groups is 1. The van der Waals surface area contributed by atoms with E-state index in [2.05, 4.69) is 5.32 Å². The third-order valence-electron chi connectivity index (χ3n) is 3.78. The topological polar surface area (TPSA) is 55.4 Å². The Balaban J connectivity index is 1.46. The first-order valence-electron chi connectivity index (χ1n) is 8.66. The Morgan fingerprint density at radius 2 is 1.57 bits per heavy atom.